The minimum Gasteiger partial charge on any atom is -0.346 e. The number of aryl methyl sites for hydroxylation is 3. The number of imidazole rings is 1. The van der Waals surface area contributed by atoms with E-state index in [1.165, 1.54) is 22.5 Å². The van der Waals surface area contributed by atoms with Crippen LogP contribution in [0.1, 0.15) is 28.3 Å². The van der Waals surface area contributed by atoms with E-state index < -0.39 is 0 Å². The third-order valence-electron chi connectivity index (χ3n) is 3.10. The maximum absolute atomic E-state index is 4.54. The van der Waals surface area contributed by atoms with E-state index in [-0.39, 0.29) is 0 Å². The molecule has 76 valence electrons. The molecule has 0 saturated carbocycles. The molecule has 1 heterocycles. The summed E-state index contributed by atoms with van der Waals surface area (Å²) in [6.45, 7) is 2.03. The zero-order valence-electron chi connectivity index (χ0n) is 8.88. The molecular weight excluding hydrogens is 184 g/mol. The second-order valence-electron chi connectivity index (χ2n) is 4.19. The van der Waals surface area contributed by atoms with Gasteiger partial charge in [0.25, 0.3) is 0 Å². The Morgan fingerprint density at radius 3 is 2.80 bits per heavy atom. The molecule has 2 nitrogen and oxygen atoms in total. The minimum atomic E-state index is 1.01. The molecule has 0 atom stereocenters. The normalized spacial score (nSPS) is 14.2. The number of fused-ring (bicyclic) bond motifs is 2. The average molecular weight is 198 g/mol. The molecular formula is C13H14N2. The fourth-order valence-corrected chi connectivity index (χ4v) is 2.36. The lowest BCUT2D eigenvalue weighted by atomic mass is 10.0. The zero-order chi connectivity index (χ0) is 10.3. The van der Waals surface area contributed by atoms with Gasteiger partial charge in [-0.15, -0.1) is 0 Å². The van der Waals surface area contributed by atoms with Crippen molar-refractivity contribution in [3.05, 3.63) is 52.6 Å². The average Bonchev–Trinajstić information content (AvgIpc) is 2.49. The first-order valence-electron chi connectivity index (χ1n) is 5.44. The predicted octanol–water partition coefficient (Wildman–Crippen LogP) is 2.41. The van der Waals surface area contributed by atoms with Crippen LogP contribution in [0.25, 0.3) is 0 Å². The van der Waals surface area contributed by atoms with Crippen molar-refractivity contribution in [1.82, 2.24) is 9.97 Å². The summed E-state index contributed by atoms with van der Waals surface area (Å²) in [5, 5.41) is 0. The van der Waals surface area contributed by atoms with Crippen LogP contribution in [0.3, 0.4) is 0 Å². The van der Waals surface area contributed by atoms with E-state index >= 15 is 0 Å². The molecule has 0 unspecified atom stereocenters. The first-order chi connectivity index (χ1) is 7.33. The van der Waals surface area contributed by atoms with Gasteiger partial charge in [-0.2, -0.15) is 0 Å². The molecule has 0 aliphatic heterocycles. The second-order valence-corrected chi connectivity index (χ2v) is 4.19. The van der Waals surface area contributed by atoms with E-state index in [0.717, 1.165) is 25.1 Å². The summed E-state index contributed by atoms with van der Waals surface area (Å²) in [6, 6.07) is 8.69. The van der Waals surface area contributed by atoms with Crippen molar-refractivity contribution in [2.24, 2.45) is 0 Å². The van der Waals surface area contributed by atoms with E-state index in [0.29, 0.717) is 0 Å². The van der Waals surface area contributed by atoms with Crippen LogP contribution in [0.4, 0.5) is 0 Å². The van der Waals surface area contributed by atoms with Gasteiger partial charge in [-0.25, -0.2) is 4.98 Å². The van der Waals surface area contributed by atoms with Gasteiger partial charge in [-0.05, 0) is 30.9 Å². The van der Waals surface area contributed by atoms with Crippen LogP contribution >= 0.6 is 0 Å². The highest BCUT2D eigenvalue weighted by atomic mass is 14.9. The summed E-state index contributed by atoms with van der Waals surface area (Å²) in [6.07, 6.45) is 3.19. The van der Waals surface area contributed by atoms with Crippen molar-refractivity contribution in [3.63, 3.8) is 0 Å². The molecule has 1 aromatic heterocycles. The molecule has 2 aromatic rings. The Labute approximate surface area is 89.4 Å². The SMILES string of the molecule is Cc1nc2c([nH]1)Cc1ccccc1CC2. The molecule has 3 rings (SSSR count). The fourth-order valence-electron chi connectivity index (χ4n) is 2.36. The van der Waals surface area contributed by atoms with Crippen molar-refractivity contribution in [2.45, 2.75) is 26.2 Å². The Bertz CT molecular complexity index is 497. The Balaban J connectivity index is 2.08. The molecule has 1 aromatic carbocycles. The molecule has 1 aliphatic carbocycles. The molecule has 1 N–H and O–H groups in total. The highest BCUT2D eigenvalue weighted by molar-refractivity contribution is 5.35. The number of H-pyrrole nitrogens is 1. The number of benzene rings is 1. The topological polar surface area (TPSA) is 28.7 Å². The quantitative estimate of drug-likeness (QED) is 0.692. The molecule has 0 radical (unpaired) electrons. The maximum atomic E-state index is 4.54. The van der Waals surface area contributed by atoms with Crippen LogP contribution in [0.5, 0.6) is 0 Å². The molecule has 0 saturated heterocycles. The second kappa shape index (κ2) is 3.23. The molecule has 1 aliphatic rings. The minimum absolute atomic E-state index is 1.01. The van der Waals surface area contributed by atoms with E-state index in [9.17, 15) is 0 Å². The van der Waals surface area contributed by atoms with Crippen LogP contribution in [0.15, 0.2) is 24.3 Å². The number of hydrogen-bond acceptors (Lipinski definition) is 1. The Morgan fingerprint density at radius 1 is 1.13 bits per heavy atom. The van der Waals surface area contributed by atoms with Gasteiger partial charge in [0.15, 0.2) is 0 Å². The number of nitrogens with one attached hydrogen (secondary N) is 1. The Hall–Kier alpha value is -1.57. The summed E-state index contributed by atoms with van der Waals surface area (Å²) in [5.41, 5.74) is 5.47. The first-order valence-corrected chi connectivity index (χ1v) is 5.44. The van der Waals surface area contributed by atoms with Crippen molar-refractivity contribution >= 4 is 0 Å². The lowest BCUT2D eigenvalue weighted by molar-refractivity contribution is 0.923. The smallest absolute Gasteiger partial charge is 0.103 e. The van der Waals surface area contributed by atoms with Crippen LogP contribution in [-0.4, -0.2) is 9.97 Å². The van der Waals surface area contributed by atoms with E-state index in [1.807, 2.05) is 6.92 Å². The molecule has 2 heteroatoms. The first kappa shape index (κ1) is 8.72. The van der Waals surface area contributed by atoms with Gasteiger partial charge in [0.2, 0.25) is 0 Å². The Kier molecular flexibility index (Phi) is 1.88. The number of nitrogens with zero attached hydrogens (tertiary/aromatic N) is 1. The van der Waals surface area contributed by atoms with Crippen LogP contribution in [0.2, 0.25) is 0 Å². The number of rotatable bonds is 0. The lowest BCUT2D eigenvalue weighted by Gasteiger charge is -2.03. The van der Waals surface area contributed by atoms with E-state index in [1.54, 1.807) is 0 Å². The van der Waals surface area contributed by atoms with Gasteiger partial charge < -0.3 is 4.98 Å². The van der Waals surface area contributed by atoms with Gasteiger partial charge in [0.05, 0.1) is 5.69 Å². The third-order valence-corrected chi connectivity index (χ3v) is 3.10. The standard InChI is InChI=1S/C13H14N2/c1-9-14-12-7-6-10-4-2-3-5-11(10)8-13(12)15-9/h2-5H,6-8H2,1H3,(H,14,15). The summed E-state index contributed by atoms with van der Waals surface area (Å²) in [5.74, 6) is 1.04. The number of aromatic nitrogens is 2. The molecule has 0 bridgehead atoms. The van der Waals surface area contributed by atoms with E-state index in [4.69, 9.17) is 0 Å². The van der Waals surface area contributed by atoms with Crippen molar-refractivity contribution in [3.8, 4) is 0 Å². The highest BCUT2D eigenvalue weighted by Gasteiger charge is 2.15. The molecule has 0 spiro atoms. The highest BCUT2D eigenvalue weighted by Crippen LogP contribution is 2.22. The van der Waals surface area contributed by atoms with Gasteiger partial charge in [-0.3, -0.25) is 0 Å². The van der Waals surface area contributed by atoms with Gasteiger partial charge in [-0.1, -0.05) is 24.3 Å². The Morgan fingerprint density at radius 2 is 1.93 bits per heavy atom. The van der Waals surface area contributed by atoms with E-state index in [2.05, 4.69) is 34.2 Å². The zero-order valence-corrected chi connectivity index (χ0v) is 8.88. The number of hydrogen-bond donors (Lipinski definition) is 1. The molecule has 0 fully saturated rings. The fraction of sp³-hybridized carbons (Fsp3) is 0.308. The van der Waals surface area contributed by atoms with Crippen molar-refractivity contribution in [2.75, 3.05) is 0 Å². The van der Waals surface area contributed by atoms with Crippen LogP contribution in [-0.2, 0) is 19.3 Å². The van der Waals surface area contributed by atoms with Gasteiger partial charge in [0.1, 0.15) is 5.82 Å². The van der Waals surface area contributed by atoms with Crippen LogP contribution in [0, 0.1) is 6.92 Å². The largest absolute Gasteiger partial charge is 0.346 e. The van der Waals surface area contributed by atoms with Crippen molar-refractivity contribution in [1.29, 1.82) is 0 Å². The monoisotopic (exact) mass is 198 g/mol. The summed E-state index contributed by atoms with van der Waals surface area (Å²) < 4.78 is 0. The predicted molar refractivity (Wildman–Crippen MR) is 60.0 cm³/mol. The van der Waals surface area contributed by atoms with Gasteiger partial charge >= 0.3 is 0 Å². The van der Waals surface area contributed by atoms with Crippen LogP contribution < -0.4 is 0 Å². The number of aromatic amines is 1. The summed E-state index contributed by atoms with van der Waals surface area (Å²) in [4.78, 5) is 7.90. The molecule has 0 amide bonds. The molecule has 15 heavy (non-hydrogen) atoms. The lowest BCUT2D eigenvalue weighted by Crippen LogP contribution is -1.92. The maximum Gasteiger partial charge on any atom is 0.103 e. The van der Waals surface area contributed by atoms with Gasteiger partial charge in [0, 0.05) is 12.1 Å². The summed E-state index contributed by atoms with van der Waals surface area (Å²) >= 11 is 0. The third kappa shape index (κ3) is 1.46. The summed E-state index contributed by atoms with van der Waals surface area (Å²) in [7, 11) is 0. The van der Waals surface area contributed by atoms with Crippen molar-refractivity contribution < 1.29 is 0 Å².